The molecule has 0 spiro atoms. The zero-order valence-electron chi connectivity index (χ0n) is 9.66. The Hall–Kier alpha value is -2.01. The van der Waals surface area contributed by atoms with Crippen molar-refractivity contribution in [3.8, 4) is 5.75 Å². The van der Waals surface area contributed by atoms with Crippen molar-refractivity contribution in [2.45, 2.75) is 6.54 Å². The van der Waals surface area contributed by atoms with E-state index in [1.165, 1.54) is 5.52 Å². The van der Waals surface area contributed by atoms with Crippen LogP contribution in [-0.2, 0) is 6.54 Å². The van der Waals surface area contributed by atoms with Crippen molar-refractivity contribution in [2.75, 3.05) is 13.7 Å². The molecular weight excluding hydrogens is 216 g/mol. The molecule has 1 aromatic carbocycles. The van der Waals surface area contributed by atoms with Gasteiger partial charge in [0, 0.05) is 10.9 Å². The lowest BCUT2D eigenvalue weighted by molar-refractivity contribution is -0.463. The van der Waals surface area contributed by atoms with Gasteiger partial charge in [-0.1, -0.05) is 0 Å². The van der Waals surface area contributed by atoms with Crippen LogP contribution < -0.4 is 21.0 Å². The Bertz CT molecular complexity index is 600. The maximum atomic E-state index is 5.51. The van der Waals surface area contributed by atoms with E-state index < -0.39 is 0 Å². The number of amidine groups is 1. The number of hydrogen-bond donors (Lipinski definition) is 3. The van der Waals surface area contributed by atoms with Gasteiger partial charge in [-0.2, -0.15) is 11.3 Å². The van der Waals surface area contributed by atoms with Gasteiger partial charge >= 0.3 is 5.84 Å². The lowest BCUT2D eigenvalue weighted by Crippen LogP contribution is -2.80. The van der Waals surface area contributed by atoms with Gasteiger partial charge in [0.25, 0.3) is 0 Å². The second kappa shape index (κ2) is 3.78. The van der Waals surface area contributed by atoms with E-state index in [0.717, 1.165) is 35.8 Å². The van der Waals surface area contributed by atoms with Crippen molar-refractivity contribution in [3.63, 3.8) is 0 Å². The van der Waals surface area contributed by atoms with Crippen LogP contribution in [0.3, 0.4) is 0 Å². The maximum absolute atomic E-state index is 5.51. The number of aromatic nitrogens is 1. The molecule has 88 valence electrons. The van der Waals surface area contributed by atoms with Gasteiger partial charge in [0.15, 0.2) is 0 Å². The quantitative estimate of drug-likeness (QED) is 0.433. The predicted octanol–water partition coefficient (Wildman–Crippen LogP) is -1.05. The molecule has 0 unspecified atom stereocenters. The smallest absolute Gasteiger partial charge is 0.309 e. The molecular formula is C12H15N4O+. The van der Waals surface area contributed by atoms with Gasteiger partial charge in [-0.25, -0.2) is 0 Å². The fourth-order valence-corrected chi connectivity index (χ4v) is 2.33. The number of hydrazine groups is 1. The minimum absolute atomic E-state index is 0.867. The van der Waals surface area contributed by atoms with E-state index in [4.69, 9.17) is 10.6 Å². The Labute approximate surface area is 98.9 Å². The highest BCUT2D eigenvalue weighted by Crippen LogP contribution is 2.24. The van der Waals surface area contributed by atoms with Crippen molar-refractivity contribution in [1.29, 1.82) is 0 Å². The van der Waals surface area contributed by atoms with E-state index in [0.29, 0.717) is 0 Å². The molecule has 0 atom stereocenters. The number of nitrogens with one attached hydrogen (secondary N) is 2. The fourth-order valence-electron chi connectivity index (χ4n) is 2.33. The monoisotopic (exact) mass is 231 g/mol. The Morgan fingerprint density at radius 1 is 1.41 bits per heavy atom. The molecule has 0 bridgehead atoms. The van der Waals surface area contributed by atoms with Crippen LogP contribution in [0, 0.1) is 0 Å². The van der Waals surface area contributed by atoms with Gasteiger partial charge < -0.3 is 9.30 Å². The summed E-state index contributed by atoms with van der Waals surface area (Å²) in [6.07, 6.45) is 0. The Balaban J connectivity index is 2.23. The molecule has 0 fully saturated rings. The van der Waals surface area contributed by atoms with E-state index in [1.807, 2.05) is 12.1 Å². The van der Waals surface area contributed by atoms with E-state index in [-0.39, 0.29) is 0 Å². The van der Waals surface area contributed by atoms with Gasteiger partial charge in [-0.15, -0.1) is 0 Å². The van der Waals surface area contributed by atoms with Crippen LogP contribution >= 0.6 is 0 Å². The molecule has 17 heavy (non-hydrogen) atoms. The minimum Gasteiger partial charge on any atom is -0.497 e. The molecule has 5 nitrogen and oxygen atoms in total. The van der Waals surface area contributed by atoms with Crippen molar-refractivity contribution >= 4 is 16.7 Å². The van der Waals surface area contributed by atoms with Crippen LogP contribution in [0.4, 0.5) is 0 Å². The molecule has 2 aromatic rings. The van der Waals surface area contributed by atoms with Crippen molar-refractivity contribution in [3.05, 3.63) is 30.0 Å². The molecule has 0 amide bonds. The van der Waals surface area contributed by atoms with E-state index in [9.17, 15) is 0 Å². The first-order valence-electron chi connectivity index (χ1n) is 5.58. The Morgan fingerprint density at radius 2 is 2.29 bits per heavy atom. The van der Waals surface area contributed by atoms with Crippen molar-refractivity contribution < 1.29 is 9.73 Å². The average molecular weight is 231 g/mol. The first-order valence-corrected chi connectivity index (χ1v) is 5.58. The van der Waals surface area contributed by atoms with E-state index in [1.54, 1.807) is 7.11 Å². The number of methoxy groups -OCH3 is 1. The number of rotatable bonds is 1. The Morgan fingerprint density at radius 3 is 3.06 bits per heavy atom. The number of hydrogen-bond acceptors (Lipinski definition) is 3. The highest BCUT2D eigenvalue weighted by molar-refractivity contribution is 5.99. The van der Waals surface area contributed by atoms with Crippen LogP contribution in [0.1, 0.15) is 5.69 Å². The van der Waals surface area contributed by atoms with Crippen LogP contribution in [0.2, 0.25) is 0 Å². The number of fused-ring (bicyclic) bond motifs is 3. The summed E-state index contributed by atoms with van der Waals surface area (Å²) in [5.74, 6) is 7.25. The molecule has 1 aliphatic rings. The summed E-state index contributed by atoms with van der Waals surface area (Å²) in [5, 5.41) is 1.16. The third-order valence-electron chi connectivity index (χ3n) is 3.15. The summed E-state index contributed by atoms with van der Waals surface area (Å²) in [5.41, 5.74) is 4.99. The van der Waals surface area contributed by atoms with Gasteiger partial charge in [0.2, 0.25) is 0 Å². The fraction of sp³-hybridized carbons (Fsp3) is 0.250. The zero-order chi connectivity index (χ0) is 11.8. The topological polar surface area (TPSA) is 66.2 Å². The summed E-state index contributed by atoms with van der Waals surface area (Å²) in [7, 11) is 1.68. The molecule has 2 heterocycles. The molecule has 1 aliphatic heterocycles. The largest absolute Gasteiger partial charge is 0.497 e. The van der Waals surface area contributed by atoms with Gasteiger partial charge in [-0.05, 0) is 24.3 Å². The summed E-state index contributed by atoms with van der Waals surface area (Å²) >= 11 is 0. The summed E-state index contributed by atoms with van der Waals surface area (Å²) in [6.45, 7) is 1.82. The predicted molar refractivity (Wildman–Crippen MR) is 65.8 cm³/mol. The second-order valence-electron chi connectivity index (χ2n) is 4.05. The molecule has 3 rings (SSSR count). The highest BCUT2D eigenvalue weighted by atomic mass is 16.5. The number of nitrogens with zero attached hydrogens (tertiary/aromatic N) is 1. The number of ether oxygens (including phenoxy) is 1. The SMILES string of the molecule is COc1ccc2c(c1)cc1n2CC[NH+]=C1NN. The minimum atomic E-state index is 0.867. The van der Waals surface area contributed by atoms with E-state index >= 15 is 0 Å². The normalized spacial score (nSPS) is 14.4. The molecule has 4 N–H and O–H groups in total. The molecule has 0 saturated carbocycles. The van der Waals surface area contributed by atoms with Crippen molar-refractivity contribution in [2.24, 2.45) is 5.84 Å². The maximum Gasteiger partial charge on any atom is 0.309 e. The molecule has 0 saturated heterocycles. The summed E-state index contributed by atoms with van der Waals surface area (Å²) in [4.78, 5) is 3.24. The second-order valence-corrected chi connectivity index (χ2v) is 4.05. The van der Waals surface area contributed by atoms with Gasteiger partial charge in [-0.3, -0.25) is 4.99 Å². The zero-order valence-corrected chi connectivity index (χ0v) is 9.66. The number of benzene rings is 1. The van der Waals surface area contributed by atoms with Crippen LogP contribution in [0.5, 0.6) is 5.75 Å². The summed E-state index contributed by atoms with van der Waals surface area (Å²) < 4.78 is 7.49. The molecule has 1 aromatic heterocycles. The standard InChI is InChI=1S/C12H14N4O/c1-17-9-2-3-10-8(6-9)7-11-12(15-13)14-4-5-16(10)11/h2-3,6-7H,4-5,13H2,1H3,(H,14,15)/p+1. The van der Waals surface area contributed by atoms with Crippen LogP contribution in [0.15, 0.2) is 24.3 Å². The Kier molecular flexibility index (Phi) is 2.26. The number of nitrogens with two attached hydrogens (primary N) is 1. The van der Waals surface area contributed by atoms with Crippen LogP contribution in [0.25, 0.3) is 10.9 Å². The lowest BCUT2D eigenvalue weighted by Gasteiger charge is -2.12. The molecule has 5 heteroatoms. The third kappa shape index (κ3) is 1.47. The molecule has 0 aliphatic carbocycles. The lowest BCUT2D eigenvalue weighted by atomic mass is 10.2. The van der Waals surface area contributed by atoms with Crippen molar-refractivity contribution in [1.82, 2.24) is 9.99 Å². The van der Waals surface area contributed by atoms with Gasteiger partial charge in [0.05, 0.1) is 13.7 Å². The van der Waals surface area contributed by atoms with E-state index in [2.05, 4.69) is 27.1 Å². The average Bonchev–Trinajstić information content (AvgIpc) is 2.75. The first-order chi connectivity index (χ1) is 8.33. The third-order valence-corrected chi connectivity index (χ3v) is 3.15. The van der Waals surface area contributed by atoms with Crippen LogP contribution in [-0.4, -0.2) is 24.1 Å². The molecule has 0 radical (unpaired) electrons. The first kappa shape index (κ1) is 10.2. The van der Waals surface area contributed by atoms with Gasteiger partial charge in [0.1, 0.15) is 18.0 Å². The summed E-state index contributed by atoms with van der Waals surface area (Å²) in [6, 6.07) is 8.21. The highest BCUT2D eigenvalue weighted by Gasteiger charge is 2.21.